The predicted molar refractivity (Wildman–Crippen MR) is 312 cm³/mol. The summed E-state index contributed by atoms with van der Waals surface area (Å²) in [7, 11) is 0. The van der Waals surface area contributed by atoms with Crippen LogP contribution in [0.25, 0.3) is 0 Å². The van der Waals surface area contributed by atoms with Gasteiger partial charge in [0.25, 0.3) is 0 Å². The van der Waals surface area contributed by atoms with E-state index in [2.05, 4.69) is 69.4 Å². The zero-order valence-corrected chi connectivity index (χ0v) is 48.2. The molecule has 1 atom stereocenters. The van der Waals surface area contributed by atoms with Crippen molar-refractivity contribution in [2.75, 3.05) is 13.2 Å². The minimum absolute atomic E-state index is 0.0748. The summed E-state index contributed by atoms with van der Waals surface area (Å²) in [5.74, 6) is -0.871. The number of carbonyl (C=O) groups is 3. The first-order chi connectivity index (χ1) is 35.5. The third-order valence-electron chi connectivity index (χ3n) is 14.1. The summed E-state index contributed by atoms with van der Waals surface area (Å²) >= 11 is 0. The van der Waals surface area contributed by atoms with Crippen LogP contribution in [0.2, 0.25) is 0 Å². The van der Waals surface area contributed by atoms with E-state index in [1.807, 2.05) is 0 Å². The van der Waals surface area contributed by atoms with E-state index in [1.165, 1.54) is 205 Å². The molecule has 0 rings (SSSR count). The van der Waals surface area contributed by atoms with E-state index < -0.39 is 6.10 Å². The van der Waals surface area contributed by atoms with Gasteiger partial charge in [-0.25, -0.2) is 0 Å². The van der Waals surface area contributed by atoms with Crippen LogP contribution >= 0.6 is 0 Å². The minimum atomic E-state index is -0.777. The van der Waals surface area contributed by atoms with Gasteiger partial charge in [-0.3, -0.25) is 14.4 Å². The van der Waals surface area contributed by atoms with Gasteiger partial charge in [-0.15, -0.1) is 0 Å². The van der Waals surface area contributed by atoms with Crippen molar-refractivity contribution in [1.82, 2.24) is 0 Å². The van der Waals surface area contributed by atoms with Gasteiger partial charge in [-0.05, 0) is 83.5 Å². The third-order valence-corrected chi connectivity index (χ3v) is 14.1. The quantitative estimate of drug-likeness (QED) is 0.0261. The number of rotatable bonds is 58. The van der Waals surface area contributed by atoms with E-state index >= 15 is 0 Å². The molecule has 6 heteroatoms. The normalized spacial score (nSPS) is 12.3. The highest BCUT2D eigenvalue weighted by Crippen LogP contribution is 2.17. The average Bonchev–Trinajstić information content (AvgIpc) is 3.38. The van der Waals surface area contributed by atoms with E-state index in [-0.39, 0.29) is 31.1 Å². The number of ether oxygens (including phenoxy) is 3. The van der Waals surface area contributed by atoms with Gasteiger partial charge in [0, 0.05) is 19.3 Å². The molecule has 0 aliphatic heterocycles. The number of carbonyl (C=O) groups excluding carboxylic acids is 3. The Labute approximate surface area is 448 Å². The second kappa shape index (κ2) is 60.9. The summed E-state index contributed by atoms with van der Waals surface area (Å²) in [5.41, 5.74) is 0. The lowest BCUT2D eigenvalue weighted by atomic mass is 10.0. The van der Waals surface area contributed by atoms with Gasteiger partial charge in [0.2, 0.25) is 0 Å². The average molecular weight is 1010 g/mol. The zero-order chi connectivity index (χ0) is 52.2. The van der Waals surface area contributed by atoms with Crippen LogP contribution in [0.4, 0.5) is 0 Å². The van der Waals surface area contributed by atoms with E-state index in [1.54, 1.807) is 0 Å². The number of hydrogen-bond acceptors (Lipinski definition) is 6. The van der Waals surface area contributed by atoms with Crippen molar-refractivity contribution in [3.8, 4) is 0 Å². The molecule has 0 saturated carbocycles. The second-order valence-corrected chi connectivity index (χ2v) is 21.3. The van der Waals surface area contributed by atoms with Gasteiger partial charge in [0.05, 0.1) is 0 Å². The Balaban J connectivity index is 4.20. The molecule has 0 radical (unpaired) electrons. The Hall–Kier alpha value is -2.63. The summed E-state index contributed by atoms with van der Waals surface area (Å²) in [6.07, 6.45) is 75.5. The molecule has 0 N–H and O–H groups in total. The van der Waals surface area contributed by atoms with Crippen molar-refractivity contribution in [1.29, 1.82) is 0 Å². The number of hydrogen-bond donors (Lipinski definition) is 0. The molecule has 0 aromatic rings. The molecule has 0 aliphatic rings. The number of unbranched alkanes of at least 4 members (excludes halogenated alkanes) is 39. The molecule has 0 heterocycles. The lowest BCUT2D eigenvalue weighted by Gasteiger charge is -2.18. The summed E-state index contributed by atoms with van der Waals surface area (Å²) in [5, 5.41) is 0. The van der Waals surface area contributed by atoms with Crippen LogP contribution in [0.5, 0.6) is 0 Å². The predicted octanol–water partition coefficient (Wildman–Crippen LogP) is 21.4. The van der Waals surface area contributed by atoms with Crippen LogP contribution in [0.3, 0.4) is 0 Å². The van der Waals surface area contributed by atoms with Crippen molar-refractivity contribution < 1.29 is 28.6 Å². The molecule has 72 heavy (non-hydrogen) atoms. The first kappa shape index (κ1) is 69.4. The lowest BCUT2D eigenvalue weighted by Crippen LogP contribution is -2.30. The maximum absolute atomic E-state index is 12.9. The smallest absolute Gasteiger partial charge is 0.306 e. The van der Waals surface area contributed by atoms with Crippen molar-refractivity contribution in [2.45, 2.75) is 341 Å². The van der Waals surface area contributed by atoms with Crippen molar-refractivity contribution in [3.63, 3.8) is 0 Å². The van der Waals surface area contributed by atoms with Gasteiger partial charge in [-0.1, -0.05) is 281 Å². The topological polar surface area (TPSA) is 78.9 Å². The molecular formula is C66H120O6. The van der Waals surface area contributed by atoms with E-state index in [9.17, 15) is 14.4 Å². The molecule has 0 aliphatic carbocycles. The number of allylic oxidation sites excluding steroid dienone is 8. The molecule has 420 valence electrons. The SMILES string of the molecule is CCCCC/C=C\C/C=C\CCCCCCCC(=O)OC(COC(=O)CCCCCCCCCCCCCC)COC(=O)CCCCCCCCCCCCCCCCC/C=C\C/C=C\CCCCCCC. The van der Waals surface area contributed by atoms with Crippen LogP contribution < -0.4 is 0 Å². The van der Waals surface area contributed by atoms with E-state index in [0.29, 0.717) is 19.3 Å². The Morgan fingerprint density at radius 3 is 0.792 bits per heavy atom. The standard InChI is InChI=1S/C66H120O6/c1-4-7-10-13-16-19-22-25-27-28-29-30-31-32-33-34-35-36-37-38-40-41-44-47-50-53-56-59-65(68)71-62-63(61-70-64(67)58-55-52-49-46-43-24-21-18-15-12-9-6-3)72-66(69)60-57-54-51-48-45-42-39-26-23-20-17-14-11-8-5-2/h17,20,22,25-26,28-29,39,63H,4-16,18-19,21,23-24,27,30-38,40-62H2,1-3H3/b20-17-,25-22-,29-28-,39-26-. The van der Waals surface area contributed by atoms with Crippen LogP contribution in [0.15, 0.2) is 48.6 Å². The number of esters is 3. The molecule has 0 saturated heterocycles. The maximum atomic E-state index is 12.9. The van der Waals surface area contributed by atoms with Crippen LogP contribution in [-0.2, 0) is 28.6 Å². The summed E-state index contributed by atoms with van der Waals surface area (Å²) in [6.45, 7) is 6.63. The molecule has 6 nitrogen and oxygen atoms in total. The molecule has 0 aromatic carbocycles. The largest absolute Gasteiger partial charge is 0.462 e. The van der Waals surface area contributed by atoms with E-state index in [0.717, 1.165) is 89.9 Å². The first-order valence-electron chi connectivity index (χ1n) is 31.6. The van der Waals surface area contributed by atoms with Crippen molar-refractivity contribution in [3.05, 3.63) is 48.6 Å². The Morgan fingerprint density at radius 1 is 0.278 bits per heavy atom. The lowest BCUT2D eigenvalue weighted by molar-refractivity contribution is -0.167. The summed E-state index contributed by atoms with van der Waals surface area (Å²) in [6, 6.07) is 0. The van der Waals surface area contributed by atoms with Gasteiger partial charge >= 0.3 is 17.9 Å². The zero-order valence-electron chi connectivity index (χ0n) is 48.2. The molecule has 0 bridgehead atoms. The summed E-state index contributed by atoms with van der Waals surface area (Å²) in [4.78, 5) is 38.2. The summed E-state index contributed by atoms with van der Waals surface area (Å²) < 4.78 is 16.9. The van der Waals surface area contributed by atoms with Crippen molar-refractivity contribution >= 4 is 17.9 Å². The van der Waals surface area contributed by atoms with Gasteiger partial charge < -0.3 is 14.2 Å². The highest BCUT2D eigenvalue weighted by Gasteiger charge is 2.19. The highest BCUT2D eigenvalue weighted by atomic mass is 16.6. The van der Waals surface area contributed by atoms with Crippen LogP contribution in [0, 0.1) is 0 Å². The first-order valence-corrected chi connectivity index (χ1v) is 31.6. The fourth-order valence-electron chi connectivity index (χ4n) is 9.27. The fourth-order valence-corrected chi connectivity index (χ4v) is 9.27. The maximum Gasteiger partial charge on any atom is 0.306 e. The Kier molecular flexibility index (Phi) is 58.7. The van der Waals surface area contributed by atoms with Crippen LogP contribution in [0.1, 0.15) is 335 Å². The monoisotopic (exact) mass is 1010 g/mol. The Bertz CT molecular complexity index is 1250. The van der Waals surface area contributed by atoms with Crippen LogP contribution in [-0.4, -0.2) is 37.2 Å². The Morgan fingerprint density at radius 2 is 0.500 bits per heavy atom. The third kappa shape index (κ3) is 58.3. The van der Waals surface area contributed by atoms with Gasteiger partial charge in [0.1, 0.15) is 13.2 Å². The molecule has 0 amide bonds. The molecule has 0 fully saturated rings. The fraction of sp³-hybridized carbons (Fsp3) is 0.833. The van der Waals surface area contributed by atoms with Gasteiger partial charge in [-0.2, -0.15) is 0 Å². The molecular weight excluding hydrogens is 889 g/mol. The second-order valence-electron chi connectivity index (χ2n) is 21.3. The van der Waals surface area contributed by atoms with Crippen molar-refractivity contribution in [2.24, 2.45) is 0 Å². The van der Waals surface area contributed by atoms with Gasteiger partial charge in [0.15, 0.2) is 6.10 Å². The highest BCUT2D eigenvalue weighted by molar-refractivity contribution is 5.71. The molecule has 0 spiro atoms. The minimum Gasteiger partial charge on any atom is -0.462 e. The molecule has 1 unspecified atom stereocenters. The molecule has 0 aromatic heterocycles. The van der Waals surface area contributed by atoms with E-state index in [4.69, 9.17) is 14.2 Å².